The number of hydrogen-bond donors (Lipinski definition) is 2. The minimum Gasteiger partial charge on any atom is -0.370 e. The third kappa shape index (κ3) is 2.71. The molecule has 1 aliphatic rings. The first-order valence-corrected chi connectivity index (χ1v) is 6.09. The van der Waals surface area contributed by atoms with Gasteiger partial charge in [0.25, 0.3) is 0 Å². The van der Waals surface area contributed by atoms with E-state index in [0.717, 1.165) is 56.0 Å². The number of nitrogens with one attached hydrogen (secondary N) is 2. The highest BCUT2D eigenvalue weighted by molar-refractivity contribution is 5.48. The van der Waals surface area contributed by atoms with Crippen LogP contribution in [-0.2, 0) is 13.0 Å². The first-order valence-electron chi connectivity index (χ1n) is 6.09. The van der Waals surface area contributed by atoms with E-state index in [2.05, 4.69) is 27.5 Å². The van der Waals surface area contributed by atoms with Gasteiger partial charge in [-0.25, -0.2) is 9.97 Å². The fraction of sp³-hybridized carbons (Fsp3) is 0.583. The molecule has 2 heterocycles. The molecule has 17 heavy (non-hydrogen) atoms. The molecule has 0 saturated carbocycles. The Morgan fingerprint density at radius 2 is 2.35 bits per heavy atom. The number of nitrogens with zero attached hydrogens (tertiary/aromatic N) is 3. The summed E-state index contributed by atoms with van der Waals surface area (Å²) < 4.78 is 0. The molecule has 0 fully saturated rings. The molecular formula is C12H17N5. The average molecular weight is 231 g/mol. The van der Waals surface area contributed by atoms with Gasteiger partial charge in [0.1, 0.15) is 11.9 Å². The van der Waals surface area contributed by atoms with E-state index in [1.165, 1.54) is 0 Å². The van der Waals surface area contributed by atoms with Gasteiger partial charge in [-0.3, -0.25) is 0 Å². The summed E-state index contributed by atoms with van der Waals surface area (Å²) in [7, 11) is 0. The SMILES string of the molecule is CCCCNc1nc(C#N)nc2c1CNCC2. The van der Waals surface area contributed by atoms with Crippen LogP contribution in [0.3, 0.4) is 0 Å². The summed E-state index contributed by atoms with van der Waals surface area (Å²) in [6, 6.07) is 2.03. The third-order valence-corrected chi connectivity index (χ3v) is 2.86. The van der Waals surface area contributed by atoms with Crippen LogP contribution in [0.15, 0.2) is 0 Å². The van der Waals surface area contributed by atoms with E-state index >= 15 is 0 Å². The van der Waals surface area contributed by atoms with Gasteiger partial charge in [-0.1, -0.05) is 13.3 Å². The summed E-state index contributed by atoms with van der Waals surface area (Å²) >= 11 is 0. The second-order valence-electron chi connectivity index (χ2n) is 4.14. The van der Waals surface area contributed by atoms with Gasteiger partial charge < -0.3 is 10.6 Å². The van der Waals surface area contributed by atoms with Gasteiger partial charge in [0.05, 0.1) is 5.69 Å². The predicted octanol–water partition coefficient (Wildman–Crippen LogP) is 1.21. The fourth-order valence-electron chi connectivity index (χ4n) is 1.92. The highest BCUT2D eigenvalue weighted by atomic mass is 15.1. The smallest absolute Gasteiger partial charge is 0.234 e. The maximum absolute atomic E-state index is 8.92. The molecule has 0 aliphatic carbocycles. The van der Waals surface area contributed by atoms with Crippen LogP contribution in [0, 0.1) is 11.3 Å². The van der Waals surface area contributed by atoms with E-state index in [4.69, 9.17) is 5.26 Å². The maximum atomic E-state index is 8.92. The number of unbranched alkanes of at least 4 members (excludes halogenated alkanes) is 1. The van der Waals surface area contributed by atoms with Crippen molar-refractivity contribution < 1.29 is 0 Å². The minimum atomic E-state index is 0.268. The minimum absolute atomic E-state index is 0.268. The summed E-state index contributed by atoms with van der Waals surface area (Å²) in [5, 5.41) is 15.5. The normalized spacial score (nSPS) is 13.9. The standard InChI is InChI=1S/C12H17N5/c1-2-3-5-15-12-9-8-14-6-4-10(9)16-11(7-13)17-12/h14H,2-6,8H2,1H3,(H,15,16,17). The molecular weight excluding hydrogens is 214 g/mol. The lowest BCUT2D eigenvalue weighted by Gasteiger charge is -2.19. The van der Waals surface area contributed by atoms with Gasteiger partial charge in [0.2, 0.25) is 5.82 Å². The summed E-state index contributed by atoms with van der Waals surface area (Å²) in [4.78, 5) is 8.52. The van der Waals surface area contributed by atoms with Crippen LogP contribution in [0.2, 0.25) is 0 Å². The van der Waals surface area contributed by atoms with Gasteiger partial charge >= 0.3 is 0 Å². The Balaban J connectivity index is 2.25. The third-order valence-electron chi connectivity index (χ3n) is 2.86. The van der Waals surface area contributed by atoms with Crippen molar-refractivity contribution in [2.24, 2.45) is 0 Å². The molecule has 0 atom stereocenters. The predicted molar refractivity (Wildman–Crippen MR) is 65.6 cm³/mol. The summed E-state index contributed by atoms with van der Waals surface area (Å²) in [5.41, 5.74) is 2.13. The van der Waals surface area contributed by atoms with Gasteiger partial charge in [-0.05, 0) is 6.42 Å². The average Bonchev–Trinajstić information content (AvgIpc) is 2.38. The molecule has 2 rings (SSSR count). The van der Waals surface area contributed by atoms with E-state index in [0.29, 0.717) is 0 Å². The monoisotopic (exact) mass is 231 g/mol. The second kappa shape index (κ2) is 5.60. The number of fused-ring (bicyclic) bond motifs is 1. The van der Waals surface area contributed by atoms with Crippen LogP contribution in [0.4, 0.5) is 5.82 Å². The Morgan fingerprint density at radius 3 is 3.12 bits per heavy atom. The van der Waals surface area contributed by atoms with Crippen molar-refractivity contribution >= 4 is 5.82 Å². The Kier molecular flexibility index (Phi) is 3.89. The first kappa shape index (κ1) is 11.8. The van der Waals surface area contributed by atoms with Crippen LogP contribution >= 0.6 is 0 Å². The largest absolute Gasteiger partial charge is 0.370 e. The molecule has 1 aromatic heterocycles. The van der Waals surface area contributed by atoms with Crippen LogP contribution < -0.4 is 10.6 Å². The van der Waals surface area contributed by atoms with Gasteiger partial charge in [0, 0.05) is 31.6 Å². The molecule has 0 spiro atoms. The number of nitriles is 1. The Bertz CT molecular complexity index is 435. The quantitative estimate of drug-likeness (QED) is 0.762. The van der Waals surface area contributed by atoms with Crippen molar-refractivity contribution in [2.45, 2.75) is 32.7 Å². The van der Waals surface area contributed by atoms with E-state index in [9.17, 15) is 0 Å². The highest BCUT2D eigenvalue weighted by Gasteiger charge is 2.16. The van der Waals surface area contributed by atoms with Gasteiger partial charge in [-0.2, -0.15) is 5.26 Å². The van der Waals surface area contributed by atoms with E-state index in [1.807, 2.05) is 6.07 Å². The lowest BCUT2D eigenvalue weighted by molar-refractivity contribution is 0.625. The lowest BCUT2D eigenvalue weighted by atomic mass is 10.1. The van der Waals surface area contributed by atoms with E-state index in [1.54, 1.807) is 0 Å². The van der Waals surface area contributed by atoms with Crippen molar-refractivity contribution in [2.75, 3.05) is 18.4 Å². The first-order chi connectivity index (χ1) is 8.35. The van der Waals surface area contributed by atoms with Gasteiger partial charge in [-0.15, -0.1) is 0 Å². The molecule has 5 heteroatoms. The fourth-order valence-corrected chi connectivity index (χ4v) is 1.92. The van der Waals surface area contributed by atoms with Gasteiger partial charge in [0.15, 0.2) is 0 Å². The van der Waals surface area contributed by atoms with E-state index in [-0.39, 0.29) is 5.82 Å². The van der Waals surface area contributed by atoms with Crippen molar-refractivity contribution in [3.05, 3.63) is 17.1 Å². The summed E-state index contributed by atoms with van der Waals surface area (Å²) in [6.45, 7) is 4.75. The molecule has 0 aromatic carbocycles. The molecule has 0 bridgehead atoms. The maximum Gasteiger partial charge on any atom is 0.234 e. The molecule has 0 saturated heterocycles. The van der Waals surface area contributed by atoms with Crippen LogP contribution in [0.5, 0.6) is 0 Å². The van der Waals surface area contributed by atoms with Crippen molar-refractivity contribution in [1.29, 1.82) is 5.26 Å². The molecule has 0 radical (unpaired) electrons. The zero-order valence-corrected chi connectivity index (χ0v) is 10.1. The van der Waals surface area contributed by atoms with Crippen molar-refractivity contribution in [1.82, 2.24) is 15.3 Å². The topological polar surface area (TPSA) is 73.6 Å². The summed E-state index contributed by atoms with van der Waals surface area (Å²) in [5.74, 6) is 1.09. The number of hydrogen-bond acceptors (Lipinski definition) is 5. The van der Waals surface area contributed by atoms with Crippen LogP contribution in [0.25, 0.3) is 0 Å². The molecule has 0 amide bonds. The van der Waals surface area contributed by atoms with Crippen molar-refractivity contribution in [3.63, 3.8) is 0 Å². The second-order valence-corrected chi connectivity index (χ2v) is 4.14. The summed E-state index contributed by atoms with van der Waals surface area (Å²) in [6.07, 6.45) is 3.12. The zero-order valence-electron chi connectivity index (χ0n) is 10.1. The molecule has 90 valence electrons. The van der Waals surface area contributed by atoms with Crippen LogP contribution in [0.1, 0.15) is 36.8 Å². The Labute approximate surface area is 101 Å². The van der Waals surface area contributed by atoms with Crippen molar-refractivity contribution in [3.8, 4) is 6.07 Å². The Morgan fingerprint density at radius 1 is 1.47 bits per heavy atom. The Hall–Kier alpha value is -1.67. The number of aromatic nitrogens is 2. The van der Waals surface area contributed by atoms with Crippen LogP contribution in [-0.4, -0.2) is 23.1 Å². The lowest BCUT2D eigenvalue weighted by Crippen LogP contribution is -2.27. The van der Waals surface area contributed by atoms with E-state index < -0.39 is 0 Å². The molecule has 0 unspecified atom stereocenters. The molecule has 5 nitrogen and oxygen atoms in total. The molecule has 1 aromatic rings. The molecule has 1 aliphatic heterocycles. The number of rotatable bonds is 4. The zero-order chi connectivity index (χ0) is 12.1. The highest BCUT2D eigenvalue weighted by Crippen LogP contribution is 2.19. The molecule has 2 N–H and O–H groups in total. The number of anilines is 1.